The van der Waals surface area contributed by atoms with Crippen LogP contribution in [0.25, 0.3) is 17.4 Å². The smallest absolute Gasteiger partial charge is 0.266 e. The van der Waals surface area contributed by atoms with Crippen LogP contribution in [0.15, 0.2) is 39.7 Å². The summed E-state index contributed by atoms with van der Waals surface area (Å²) in [5, 5.41) is 0. The first-order valence-electron chi connectivity index (χ1n) is 9.85. The number of carbonyl (C=O) groups is 1. The van der Waals surface area contributed by atoms with Crippen molar-refractivity contribution in [2.75, 3.05) is 0 Å². The Bertz CT molecular complexity index is 961. The number of thioether (sulfide) groups is 1. The molecular weight excluding hydrogens is 412 g/mol. The number of rotatable bonds is 3. The molecule has 2 heterocycles. The highest BCUT2D eigenvalue weighted by Crippen LogP contribution is 2.37. The molecule has 7 heteroatoms. The van der Waals surface area contributed by atoms with Crippen molar-refractivity contribution < 1.29 is 18.0 Å². The molecule has 1 aromatic heterocycles. The molecule has 0 N–H and O–H groups in total. The second kappa shape index (κ2) is 8.79. The van der Waals surface area contributed by atoms with Crippen molar-refractivity contribution in [3.8, 4) is 11.3 Å². The molecule has 2 aliphatic rings. The molecule has 0 bridgehead atoms. The summed E-state index contributed by atoms with van der Waals surface area (Å²) in [5.74, 6) is -1.02. The Labute approximate surface area is 178 Å². The maximum atomic E-state index is 13.5. The molecule has 29 heavy (non-hydrogen) atoms. The third-order valence-corrected chi connectivity index (χ3v) is 6.70. The molecule has 0 radical (unpaired) electrons. The molecule has 3 nitrogen and oxygen atoms in total. The first-order valence-corrected chi connectivity index (χ1v) is 11.1. The van der Waals surface area contributed by atoms with Gasteiger partial charge in [-0.1, -0.05) is 56.1 Å². The van der Waals surface area contributed by atoms with Gasteiger partial charge in [0, 0.05) is 17.7 Å². The van der Waals surface area contributed by atoms with Gasteiger partial charge in [-0.15, -0.1) is 0 Å². The summed E-state index contributed by atoms with van der Waals surface area (Å²) in [4.78, 5) is 15.3. The Balaban J connectivity index is 1.53. The van der Waals surface area contributed by atoms with Gasteiger partial charge in [0.1, 0.15) is 15.8 Å². The predicted molar refractivity (Wildman–Crippen MR) is 115 cm³/mol. The van der Waals surface area contributed by atoms with Gasteiger partial charge >= 0.3 is 0 Å². The summed E-state index contributed by atoms with van der Waals surface area (Å²) in [5.41, 5.74) is 0.436. The zero-order valence-corrected chi connectivity index (χ0v) is 17.5. The highest BCUT2D eigenvalue weighted by atomic mass is 32.2. The SMILES string of the molecule is O=C1C(=Cc2ccc(-c3ccc(F)c(F)c3)o2)SC(=S)N1C1CCCCCCC1. The third-order valence-electron chi connectivity index (χ3n) is 5.37. The maximum absolute atomic E-state index is 13.5. The van der Waals surface area contributed by atoms with Crippen LogP contribution in [0.1, 0.15) is 50.7 Å². The molecule has 1 saturated heterocycles. The summed E-state index contributed by atoms with van der Waals surface area (Å²) in [6, 6.07) is 7.16. The minimum absolute atomic E-state index is 0.0728. The van der Waals surface area contributed by atoms with E-state index in [2.05, 4.69) is 0 Å². The highest BCUT2D eigenvalue weighted by Gasteiger charge is 2.37. The summed E-state index contributed by atoms with van der Waals surface area (Å²) < 4.78 is 32.9. The summed E-state index contributed by atoms with van der Waals surface area (Å²) in [7, 11) is 0. The van der Waals surface area contributed by atoms with Crippen LogP contribution < -0.4 is 0 Å². The average molecular weight is 434 g/mol. The topological polar surface area (TPSA) is 33.5 Å². The molecule has 2 fully saturated rings. The van der Waals surface area contributed by atoms with Crippen LogP contribution in [0.2, 0.25) is 0 Å². The fourth-order valence-corrected chi connectivity index (χ4v) is 5.23. The van der Waals surface area contributed by atoms with Crippen molar-refractivity contribution in [1.82, 2.24) is 4.90 Å². The Kier molecular flexibility index (Phi) is 6.15. The quantitative estimate of drug-likeness (QED) is 0.407. The number of carbonyl (C=O) groups excluding carboxylic acids is 1. The summed E-state index contributed by atoms with van der Waals surface area (Å²) in [6.07, 6.45) is 9.57. The van der Waals surface area contributed by atoms with Crippen molar-refractivity contribution >= 4 is 40.3 Å². The minimum atomic E-state index is -0.930. The number of benzene rings is 1. The predicted octanol–water partition coefficient (Wildman–Crippen LogP) is 6.54. The molecule has 0 spiro atoms. The lowest BCUT2D eigenvalue weighted by molar-refractivity contribution is -0.123. The fourth-order valence-electron chi connectivity index (χ4n) is 3.85. The largest absolute Gasteiger partial charge is 0.457 e. The van der Waals surface area contributed by atoms with E-state index in [0.717, 1.165) is 37.8 Å². The van der Waals surface area contributed by atoms with Gasteiger partial charge in [-0.3, -0.25) is 9.69 Å². The number of nitrogens with zero attached hydrogens (tertiary/aromatic N) is 1. The zero-order valence-electron chi connectivity index (χ0n) is 15.8. The molecule has 1 aliphatic heterocycles. The Hall–Kier alpha value is -1.99. The molecule has 0 atom stereocenters. The number of thiocarbonyl (C=S) groups is 1. The lowest BCUT2D eigenvalue weighted by Gasteiger charge is -2.28. The van der Waals surface area contributed by atoms with Crippen LogP contribution in [0, 0.1) is 11.6 Å². The van der Waals surface area contributed by atoms with E-state index >= 15 is 0 Å². The zero-order chi connectivity index (χ0) is 20.4. The van der Waals surface area contributed by atoms with Crippen LogP contribution >= 0.6 is 24.0 Å². The molecule has 1 aromatic carbocycles. The number of halogens is 2. The highest BCUT2D eigenvalue weighted by molar-refractivity contribution is 8.26. The van der Waals surface area contributed by atoms with E-state index in [9.17, 15) is 13.6 Å². The van der Waals surface area contributed by atoms with Gasteiger partial charge in [0.2, 0.25) is 0 Å². The number of amides is 1. The standard InChI is InChI=1S/C22H21F2NO2S2/c23-17-10-8-14(12-18(17)24)19-11-9-16(27-19)13-20-21(26)25(22(28)29-20)15-6-4-2-1-3-5-7-15/h8-13,15H,1-7H2. The average Bonchev–Trinajstić information content (AvgIpc) is 3.23. The van der Waals surface area contributed by atoms with E-state index in [1.165, 1.54) is 37.1 Å². The van der Waals surface area contributed by atoms with Gasteiger partial charge in [0.05, 0.1) is 4.91 Å². The fraction of sp³-hybridized carbons (Fsp3) is 0.364. The van der Waals surface area contributed by atoms with Gasteiger partial charge in [0.25, 0.3) is 5.91 Å². The second-order valence-electron chi connectivity index (χ2n) is 7.38. The molecule has 1 aliphatic carbocycles. The van der Waals surface area contributed by atoms with Crippen molar-refractivity contribution in [3.63, 3.8) is 0 Å². The van der Waals surface area contributed by atoms with Crippen LogP contribution in [-0.2, 0) is 4.79 Å². The maximum Gasteiger partial charge on any atom is 0.266 e. The van der Waals surface area contributed by atoms with E-state index in [-0.39, 0.29) is 11.9 Å². The van der Waals surface area contributed by atoms with Crippen LogP contribution in [-0.4, -0.2) is 21.2 Å². The number of hydrogen-bond donors (Lipinski definition) is 0. The lowest BCUT2D eigenvalue weighted by atomic mass is 9.96. The molecule has 4 rings (SSSR count). The number of furan rings is 1. The molecule has 1 amide bonds. The van der Waals surface area contributed by atoms with E-state index < -0.39 is 11.6 Å². The van der Waals surface area contributed by atoms with E-state index in [1.54, 1.807) is 23.1 Å². The van der Waals surface area contributed by atoms with Gasteiger partial charge in [-0.2, -0.15) is 0 Å². The van der Waals surface area contributed by atoms with Crippen molar-refractivity contribution in [2.24, 2.45) is 0 Å². The van der Waals surface area contributed by atoms with E-state index in [1.807, 2.05) is 0 Å². The molecule has 2 aromatic rings. The first-order chi connectivity index (χ1) is 14.0. The number of hydrogen-bond acceptors (Lipinski definition) is 4. The van der Waals surface area contributed by atoms with Crippen LogP contribution in [0.3, 0.4) is 0 Å². The Morgan fingerprint density at radius 2 is 1.76 bits per heavy atom. The van der Waals surface area contributed by atoms with Crippen LogP contribution in [0.5, 0.6) is 0 Å². The monoisotopic (exact) mass is 433 g/mol. The molecular formula is C22H21F2NO2S2. The second-order valence-corrected chi connectivity index (χ2v) is 9.06. The van der Waals surface area contributed by atoms with Gasteiger partial charge in [0.15, 0.2) is 11.6 Å². The van der Waals surface area contributed by atoms with Crippen LogP contribution in [0.4, 0.5) is 8.78 Å². The molecule has 1 saturated carbocycles. The van der Waals surface area contributed by atoms with Gasteiger partial charge < -0.3 is 4.42 Å². The lowest BCUT2D eigenvalue weighted by Crippen LogP contribution is -2.39. The Morgan fingerprint density at radius 1 is 1.03 bits per heavy atom. The van der Waals surface area contributed by atoms with Crippen molar-refractivity contribution in [3.05, 3.63) is 52.6 Å². The first kappa shape index (κ1) is 20.3. The molecule has 0 unspecified atom stereocenters. The molecule has 152 valence electrons. The third kappa shape index (κ3) is 4.46. The van der Waals surface area contributed by atoms with Gasteiger partial charge in [-0.05, 0) is 43.2 Å². The van der Waals surface area contributed by atoms with E-state index in [0.29, 0.717) is 26.3 Å². The van der Waals surface area contributed by atoms with Gasteiger partial charge in [-0.25, -0.2) is 8.78 Å². The Morgan fingerprint density at radius 3 is 2.48 bits per heavy atom. The van der Waals surface area contributed by atoms with E-state index in [4.69, 9.17) is 16.6 Å². The normalized spacial score (nSPS) is 20.3. The summed E-state index contributed by atoms with van der Waals surface area (Å²) >= 11 is 6.79. The summed E-state index contributed by atoms with van der Waals surface area (Å²) in [6.45, 7) is 0. The van der Waals surface area contributed by atoms with Crippen molar-refractivity contribution in [1.29, 1.82) is 0 Å². The minimum Gasteiger partial charge on any atom is -0.457 e. The van der Waals surface area contributed by atoms with Crippen molar-refractivity contribution in [2.45, 2.75) is 51.0 Å².